The maximum Gasteiger partial charge on any atom is 0.332 e. The zero-order chi connectivity index (χ0) is 28.8. The minimum absolute atomic E-state index is 0.00978. The Bertz CT molecular complexity index is 1670. The standard InChI is InChI=1S/C32H34N4O5/c1-41-28-14-8-5-9-24(28)19-33-30(38)23-17-15-22(16-18-23)20-36-31(39)26-12-6-7-13-27(26)35(32(36)40)21-29(37)34-25-10-3-2-4-11-25/h5-9,12-18,25H,2-4,10-11,19-21H2,1H3,(H,33,38)(H,34,37). The van der Waals surface area contributed by atoms with E-state index in [9.17, 15) is 19.2 Å². The number of methoxy groups -OCH3 is 1. The molecule has 1 saturated carbocycles. The molecule has 0 saturated heterocycles. The van der Waals surface area contributed by atoms with E-state index in [1.54, 1.807) is 55.6 Å². The van der Waals surface area contributed by atoms with Gasteiger partial charge in [0.2, 0.25) is 5.91 Å². The van der Waals surface area contributed by atoms with Crippen molar-refractivity contribution in [1.82, 2.24) is 19.8 Å². The summed E-state index contributed by atoms with van der Waals surface area (Å²) >= 11 is 0. The molecule has 0 spiro atoms. The fourth-order valence-corrected chi connectivity index (χ4v) is 5.40. The van der Waals surface area contributed by atoms with Crippen LogP contribution in [0.4, 0.5) is 0 Å². The summed E-state index contributed by atoms with van der Waals surface area (Å²) < 4.78 is 7.85. The van der Waals surface area contributed by atoms with Crippen molar-refractivity contribution < 1.29 is 14.3 Å². The van der Waals surface area contributed by atoms with Gasteiger partial charge < -0.3 is 15.4 Å². The first-order chi connectivity index (χ1) is 19.9. The molecule has 1 aliphatic rings. The molecule has 2 amide bonds. The fraction of sp³-hybridized carbons (Fsp3) is 0.312. The predicted molar refractivity (Wildman–Crippen MR) is 157 cm³/mol. The van der Waals surface area contributed by atoms with Crippen molar-refractivity contribution in [2.24, 2.45) is 0 Å². The van der Waals surface area contributed by atoms with Gasteiger partial charge in [0, 0.05) is 23.7 Å². The van der Waals surface area contributed by atoms with E-state index in [0.29, 0.717) is 34.3 Å². The summed E-state index contributed by atoms with van der Waals surface area (Å²) in [6.07, 6.45) is 5.22. The first kappa shape index (κ1) is 27.9. The molecule has 1 fully saturated rings. The number of carbonyl (C=O) groups excluding carboxylic acids is 2. The zero-order valence-corrected chi connectivity index (χ0v) is 23.1. The number of amides is 2. The predicted octanol–water partition coefficient (Wildman–Crippen LogP) is 3.60. The lowest BCUT2D eigenvalue weighted by Gasteiger charge is -2.23. The Morgan fingerprint density at radius 2 is 1.59 bits per heavy atom. The zero-order valence-electron chi connectivity index (χ0n) is 23.1. The van der Waals surface area contributed by atoms with Gasteiger partial charge in [0.05, 0.1) is 24.6 Å². The summed E-state index contributed by atoms with van der Waals surface area (Å²) in [5.41, 5.74) is 1.45. The van der Waals surface area contributed by atoms with Gasteiger partial charge >= 0.3 is 5.69 Å². The van der Waals surface area contributed by atoms with Crippen LogP contribution < -0.4 is 26.6 Å². The van der Waals surface area contributed by atoms with E-state index >= 15 is 0 Å². The maximum absolute atomic E-state index is 13.6. The Hall–Kier alpha value is -4.66. The summed E-state index contributed by atoms with van der Waals surface area (Å²) in [4.78, 5) is 52.5. The number of para-hydroxylation sites is 2. The molecule has 1 aromatic heterocycles. The van der Waals surface area contributed by atoms with Crippen LogP contribution >= 0.6 is 0 Å². The molecule has 212 valence electrons. The molecular formula is C32H34N4O5. The molecule has 1 aliphatic carbocycles. The molecule has 0 aliphatic heterocycles. The Balaban J connectivity index is 1.34. The van der Waals surface area contributed by atoms with Crippen LogP contribution in [0.5, 0.6) is 5.75 Å². The highest BCUT2D eigenvalue weighted by atomic mass is 16.5. The third-order valence-corrected chi connectivity index (χ3v) is 7.59. The van der Waals surface area contributed by atoms with Crippen molar-refractivity contribution in [3.63, 3.8) is 0 Å². The molecule has 9 heteroatoms. The van der Waals surface area contributed by atoms with E-state index in [4.69, 9.17) is 4.74 Å². The first-order valence-corrected chi connectivity index (χ1v) is 14.0. The number of aromatic nitrogens is 2. The minimum Gasteiger partial charge on any atom is -0.496 e. The molecule has 0 unspecified atom stereocenters. The molecule has 0 radical (unpaired) electrons. The van der Waals surface area contributed by atoms with E-state index in [1.807, 2.05) is 24.3 Å². The largest absolute Gasteiger partial charge is 0.496 e. The molecule has 41 heavy (non-hydrogen) atoms. The lowest BCUT2D eigenvalue weighted by molar-refractivity contribution is -0.122. The number of rotatable bonds is 9. The van der Waals surface area contributed by atoms with Crippen molar-refractivity contribution in [3.8, 4) is 5.75 Å². The van der Waals surface area contributed by atoms with Gasteiger partial charge in [0.15, 0.2) is 0 Å². The van der Waals surface area contributed by atoms with E-state index in [1.165, 1.54) is 11.0 Å². The topological polar surface area (TPSA) is 111 Å². The van der Waals surface area contributed by atoms with Gasteiger partial charge in [0.1, 0.15) is 12.3 Å². The molecular weight excluding hydrogens is 520 g/mol. The second-order valence-corrected chi connectivity index (χ2v) is 10.4. The lowest BCUT2D eigenvalue weighted by atomic mass is 9.95. The average Bonchev–Trinajstić information content (AvgIpc) is 3.01. The van der Waals surface area contributed by atoms with Crippen molar-refractivity contribution in [3.05, 3.63) is 110 Å². The summed E-state index contributed by atoms with van der Waals surface area (Å²) in [7, 11) is 1.58. The Morgan fingerprint density at radius 1 is 0.878 bits per heavy atom. The number of hydrogen-bond acceptors (Lipinski definition) is 5. The van der Waals surface area contributed by atoms with Crippen LogP contribution in [0.3, 0.4) is 0 Å². The molecule has 5 rings (SSSR count). The van der Waals surface area contributed by atoms with Crippen LogP contribution in [0.25, 0.3) is 10.9 Å². The SMILES string of the molecule is COc1ccccc1CNC(=O)c1ccc(Cn2c(=O)c3ccccc3n(CC(=O)NC3CCCCC3)c2=O)cc1. The van der Waals surface area contributed by atoms with Gasteiger partial charge in [-0.05, 0) is 48.7 Å². The number of nitrogens with one attached hydrogen (secondary N) is 2. The van der Waals surface area contributed by atoms with E-state index in [2.05, 4.69) is 10.6 Å². The highest BCUT2D eigenvalue weighted by Gasteiger charge is 2.19. The Labute approximate surface area is 237 Å². The molecule has 2 N–H and O–H groups in total. The van der Waals surface area contributed by atoms with Gasteiger partial charge in [-0.3, -0.25) is 23.5 Å². The molecule has 4 aromatic rings. The van der Waals surface area contributed by atoms with Gasteiger partial charge in [0.25, 0.3) is 11.5 Å². The number of nitrogens with zero attached hydrogens (tertiary/aromatic N) is 2. The van der Waals surface area contributed by atoms with Crippen LogP contribution in [0.15, 0.2) is 82.4 Å². The normalized spacial score (nSPS) is 13.6. The highest BCUT2D eigenvalue weighted by Crippen LogP contribution is 2.18. The maximum atomic E-state index is 13.6. The second-order valence-electron chi connectivity index (χ2n) is 10.4. The number of fused-ring (bicyclic) bond motifs is 1. The van der Waals surface area contributed by atoms with Crippen LogP contribution in [-0.2, 0) is 24.4 Å². The quantitative estimate of drug-likeness (QED) is 0.329. The number of carbonyl (C=O) groups is 2. The average molecular weight is 555 g/mol. The fourth-order valence-electron chi connectivity index (χ4n) is 5.40. The summed E-state index contributed by atoms with van der Waals surface area (Å²) in [5, 5.41) is 6.31. The van der Waals surface area contributed by atoms with E-state index in [-0.39, 0.29) is 30.9 Å². The van der Waals surface area contributed by atoms with Gasteiger partial charge in [-0.1, -0.05) is 61.7 Å². The summed E-state index contributed by atoms with van der Waals surface area (Å²) in [6, 6.07) is 21.2. The Morgan fingerprint density at radius 3 is 2.34 bits per heavy atom. The van der Waals surface area contributed by atoms with Crippen molar-refractivity contribution in [1.29, 1.82) is 0 Å². The smallest absolute Gasteiger partial charge is 0.332 e. The summed E-state index contributed by atoms with van der Waals surface area (Å²) in [5.74, 6) is 0.204. The first-order valence-electron chi connectivity index (χ1n) is 14.0. The molecule has 0 atom stereocenters. The van der Waals surface area contributed by atoms with Crippen LogP contribution in [0.1, 0.15) is 53.6 Å². The van der Waals surface area contributed by atoms with Gasteiger partial charge in [-0.2, -0.15) is 0 Å². The van der Waals surface area contributed by atoms with E-state index in [0.717, 1.165) is 35.8 Å². The van der Waals surface area contributed by atoms with Gasteiger partial charge in [-0.15, -0.1) is 0 Å². The number of hydrogen-bond donors (Lipinski definition) is 2. The van der Waals surface area contributed by atoms with Gasteiger partial charge in [-0.25, -0.2) is 4.79 Å². The van der Waals surface area contributed by atoms with Crippen LogP contribution in [0.2, 0.25) is 0 Å². The molecule has 3 aromatic carbocycles. The Kier molecular flexibility index (Phi) is 8.62. The third kappa shape index (κ3) is 6.40. The number of benzene rings is 3. The minimum atomic E-state index is -0.550. The van der Waals surface area contributed by atoms with Crippen molar-refractivity contribution in [2.75, 3.05) is 7.11 Å². The van der Waals surface area contributed by atoms with Crippen LogP contribution in [-0.4, -0.2) is 34.1 Å². The molecule has 0 bridgehead atoms. The lowest BCUT2D eigenvalue weighted by Crippen LogP contribution is -2.44. The van der Waals surface area contributed by atoms with Crippen LogP contribution in [0, 0.1) is 0 Å². The summed E-state index contributed by atoms with van der Waals surface area (Å²) in [6.45, 7) is 0.155. The second kappa shape index (κ2) is 12.7. The molecule has 1 heterocycles. The third-order valence-electron chi connectivity index (χ3n) is 7.59. The van der Waals surface area contributed by atoms with E-state index < -0.39 is 11.2 Å². The number of ether oxygens (including phenoxy) is 1. The van der Waals surface area contributed by atoms with Crippen molar-refractivity contribution in [2.45, 2.75) is 57.8 Å². The molecule has 9 nitrogen and oxygen atoms in total. The monoisotopic (exact) mass is 554 g/mol. The highest BCUT2D eigenvalue weighted by molar-refractivity contribution is 5.94. The van der Waals surface area contributed by atoms with Crippen molar-refractivity contribution >= 4 is 22.7 Å².